The number of amides is 4. The van der Waals surface area contributed by atoms with Gasteiger partial charge in [-0.3, -0.25) is 9.59 Å². The zero-order valence-electron chi connectivity index (χ0n) is 24.0. The molecule has 0 saturated heterocycles. The lowest BCUT2D eigenvalue weighted by Crippen LogP contribution is -2.50. The van der Waals surface area contributed by atoms with Crippen LogP contribution in [0.15, 0.2) is 53.1 Å². The van der Waals surface area contributed by atoms with Crippen molar-refractivity contribution in [3.63, 3.8) is 0 Å². The average Bonchev–Trinajstić information content (AvgIpc) is 3.27. The van der Waals surface area contributed by atoms with E-state index in [4.69, 9.17) is 9.26 Å². The number of aliphatic hydroxyl groups is 1. The highest BCUT2D eigenvalue weighted by molar-refractivity contribution is 6.00. The van der Waals surface area contributed by atoms with Gasteiger partial charge in [0.1, 0.15) is 23.2 Å². The number of nitrogens with one attached hydrogen (secondary N) is 2. The highest BCUT2D eigenvalue weighted by Crippen LogP contribution is 2.31. The smallest absolute Gasteiger partial charge is 0.321 e. The summed E-state index contributed by atoms with van der Waals surface area (Å²) in [6.45, 7) is 7.49. The Morgan fingerprint density at radius 3 is 2.56 bits per heavy atom. The first kappa shape index (κ1) is 29.6. The molecule has 2 aromatic carbocycles. The van der Waals surface area contributed by atoms with Crippen molar-refractivity contribution in [1.82, 2.24) is 15.0 Å². The van der Waals surface area contributed by atoms with Crippen molar-refractivity contribution in [2.75, 3.05) is 37.4 Å². The largest absolute Gasteiger partial charge is 0.487 e. The molecule has 3 atom stereocenters. The summed E-state index contributed by atoms with van der Waals surface area (Å²) in [5.74, 6) is 0.138. The summed E-state index contributed by atoms with van der Waals surface area (Å²) in [5.41, 5.74) is 2.70. The van der Waals surface area contributed by atoms with Crippen LogP contribution in [0, 0.1) is 19.8 Å². The number of likely N-dealkylation sites (N-methyl/N-ethyl adjacent to an activating group) is 1. The minimum absolute atomic E-state index is 0.180. The van der Waals surface area contributed by atoms with Crippen LogP contribution in [-0.4, -0.2) is 76.8 Å². The van der Waals surface area contributed by atoms with Gasteiger partial charge in [-0.2, -0.15) is 0 Å². The first-order valence-corrected chi connectivity index (χ1v) is 13.6. The van der Waals surface area contributed by atoms with E-state index in [0.29, 0.717) is 35.1 Å². The van der Waals surface area contributed by atoms with Crippen molar-refractivity contribution >= 4 is 29.2 Å². The minimum Gasteiger partial charge on any atom is -0.487 e. The lowest BCUT2D eigenvalue weighted by molar-refractivity contribution is -0.115. The van der Waals surface area contributed by atoms with Crippen molar-refractivity contribution < 1.29 is 28.8 Å². The molecule has 3 unspecified atom stereocenters. The van der Waals surface area contributed by atoms with Crippen molar-refractivity contribution in [3.8, 4) is 5.75 Å². The quantitative estimate of drug-likeness (QED) is 0.379. The van der Waals surface area contributed by atoms with Crippen LogP contribution in [0.25, 0.3) is 0 Å². The number of urea groups is 1. The SMILES string of the molecule is Cc1noc(C)c1NC(=O)N(C)CC1Oc2ccc(NC(=O)Cc3ccccc3)cc2C(=O)N(C(C)CO)CC1C. The van der Waals surface area contributed by atoms with E-state index in [0.717, 1.165) is 5.56 Å². The number of benzene rings is 2. The van der Waals surface area contributed by atoms with Crippen LogP contribution in [-0.2, 0) is 11.2 Å². The number of ether oxygens (including phenoxy) is 1. The summed E-state index contributed by atoms with van der Waals surface area (Å²) in [5, 5.41) is 19.5. The maximum absolute atomic E-state index is 13.7. The third-order valence-electron chi connectivity index (χ3n) is 7.22. The van der Waals surface area contributed by atoms with E-state index in [1.807, 2.05) is 37.3 Å². The molecular weight excluding hydrogens is 526 g/mol. The zero-order valence-corrected chi connectivity index (χ0v) is 24.0. The zero-order chi connectivity index (χ0) is 29.7. The van der Waals surface area contributed by atoms with E-state index < -0.39 is 12.1 Å². The lowest BCUT2D eigenvalue weighted by Gasteiger charge is -2.38. The molecule has 0 aliphatic carbocycles. The van der Waals surface area contributed by atoms with Crippen LogP contribution in [0.5, 0.6) is 5.75 Å². The highest BCUT2D eigenvalue weighted by atomic mass is 16.5. The van der Waals surface area contributed by atoms with Gasteiger partial charge in [0.05, 0.1) is 31.2 Å². The van der Waals surface area contributed by atoms with Crippen LogP contribution >= 0.6 is 0 Å². The second-order valence-corrected chi connectivity index (χ2v) is 10.6. The molecule has 0 radical (unpaired) electrons. The molecule has 2 heterocycles. The van der Waals surface area contributed by atoms with Gasteiger partial charge in [-0.05, 0) is 44.5 Å². The Kier molecular flexibility index (Phi) is 9.28. The van der Waals surface area contributed by atoms with Gasteiger partial charge in [-0.25, -0.2) is 4.79 Å². The highest BCUT2D eigenvalue weighted by Gasteiger charge is 2.34. The molecule has 3 aromatic rings. The molecule has 0 fully saturated rings. The van der Waals surface area contributed by atoms with Crippen molar-refractivity contribution in [3.05, 3.63) is 71.1 Å². The third-order valence-corrected chi connectivity index (χ3v) is 7.22. The number of aliphatic hydroxyl groups excluding tert-OH is 1. The maximum atomic E-state index is 13.7. The fourth-order valence-corrected chi connectivity index (χ4v) is 4.72. The standard InChI is InChI=1S/C30H37N5O6/c1-18-15-35(19(2)17-36)29(38)24-14-23(31-27(37)13-22-9-7-6-8-10-22)11-12-25(24)40-26(18)16-34(5)30(39)32-28-20(3)33-41-21(28)4/h6-12,14,18-19,26,36H,13,15-17H2,1-5H3,(H,31,37)(H,32,39). The molecule has 1 aliphatic rings. The fraction of sp³-hybridized carbons (Fsp3) is 0.400. The van der Waals surface area contributed by atoms with Gasteiger partial charge in [0.2, 0.25) is 5.91 Å². The number of hydrogen-bond donors (Lipinski definition) is 3. The predicted octanol–water partition coefficient (Wildman–Crippen LogP) is 3.86. The fourth-order valence-electron chi connectivity index (χ4n) is 4.72. The number of aryl methyl sites for hydroxylation is 2. The maximum Gasteiger partial charge on any atom is 0.321 e. The van der Waals surface area contributed by atoms with Crippen LogP contribution in [0.3, 0.4) is 0 Å². The summed E-state index contributed by atoms with van der Waals surface area (Å²) in [7, 11) is 1.66. The molecular formula is C30H37N5O6. The molecule has 11 nitrogen and oxygen atoms in total. The van der Waals surface area contributed by atoms with E-state index in [2.05, 4.69) is 15.8 Å². The molecule has 4 rings (SSSR count). The number of fused-ring (bicyclic) bond motifs is 1. The molecule has 1 aliphatic heterocycles. The molecule has 11 heteroatoms. The van der Waals surface area contributed by atoms with E-state index in [1.165, 1.54) is 4.90 Å². The number of carbonyl (C=O) groups is 3. The van der Waals surface area contributed by atoms with E-state index in [1.54, 1.807) is 50.9 Å². The summed E-state index contributed by atoms with van der Waals surface area (Å²) in [6.07, 6.45) is -0.285. The first-order valence-electron chi connectivity index (χ1n) is 13.6. The average molecular weight is 564 g/mol. The van der Waals surface area contributed by atoms with Crippen molar-refractivity contribution in [2.45, 2.75) is 46.3 Å². The van der Waals surface area contributed by atoms with E-state index in [-0.39, 0.29) is 48.9 Å². The molecule has 1 aromatic heterocycles. The summed E-state index contributed by atoms with van der Waals surface area (Å²) >= 11 is 0. The third kappa shape index (κ3) is 7.04. The number of aromatic nitrogens is 1. The summed E-state index contributed by atoms with van der Waals surface area (Å²) < 4.78 is 11.5. The van der Waals surface area contributed by atoms with Crippen LogP contribution in [0.2, 0.25) is 0 Å². The monoisotopic (exact) mass is 563 g/mol. The molecule has 0 spiro atoms. The van der Waals surface area contributed by atoms with Crippen molar-refractivity contribution in [2.24, 2.45) is 5.92 Å². The second-order valence-electron chi connectivity index (χ2n) is 10.6. The summed E-state index contributed by atoms with van der Waals surface area (Å²) in [4.78, 5) is 42.5. The molecule has 0 saturated carbocycles. The molecule has 4 amide bonds. The first-order chi connectivity index (χ1) is 19.6. The Morgan fingerprint density at radius 2 is 1.90 bits per heavy atom. The number of anilines is 2. The molecule has 0 bridgehead atoms. The van der Waals surface area contributed by atoms with Gasteiger partial charge < -0.3 is 34.8 Å². The lowest BCUT2D eigenvalue weighted by atomic mass is 9.99. The minimum atomic E-state index is -0.478. The predicted molar refractivity (Wildman–Crippen MR) is 154 cm³/mol. The van der Waals surface area contributed by atoms with Crippen LogP contribution < -0.4 is 15.4 Å². The van der Waals surface area contributed by atoms with E-state index >= 15 is 0 Å². The van der Waals surface area contributed by atoms with Crippen molar-refractivity contribution in [1.29, 1.82) is 0 Å². The second kappa shape index (κ2) is 12.9. The normalized spacial score (nSPS) is 17.5. The van der Waals surface area contributed by atoms with Gasteiger partial charge in [0.15, 0.2) is 5.76 Å². The number of nitrogens with zero attached hydrogens (tertiary/aromatic N) is 3. The van der Waals surface area contributed by atoms with E-state index in [9.17, 15) is 19.5 Å². The molecule has 3 N–H and O–H groups in total. The Morgan fingerprint density at radius 1 is 1.17 bits per heavy atom. The Balaban J connectivity index is 1.56. The number of rotatable bonds is 8. The van der Waals surface area contributed by atoms with Gasteiger partial charge >= 0.3 is 6.03 Å². The van der Waals surface area contributed by atoms with Gasteiger partial charge in [-0.1, -0.05) is 42.4 Å². The van der Waals surface area contributed by atoms with Gasteiger partial charge in [0.25, 0.3) is 5.91 Å². The molecule has 41 heavy (non-hydrogen) atoms. The van der Waals surface area contributed by atoms with Gasteiger partial charge in [0, 0.05) is 25.2 Å². The Bertz CT molecular complexity index is 1370. The van der Waals surface area contributed by atoms with Crippen LogP contribution in [0.1, 0.15) is 41.2 Å². The number of carbonyl (C=O) groups excluding carboxylic acids is 3. The Hall–Kier alpha value is -4.38. The van der Waals surface area contributed by atoms with Crippen LogP contribution in [0.4, 0.5) is 16.2 Å². The Labute approximate surface area is 239 Å². The molecule has 218 valence electrons. The topological polar surface area (TPSA) is 137 Å². The number of hydrogen-bond acceptors (Lipinski definition) is 7. The van der Waals surface area contributed by atoms with Gasteiger partial charge in [-0.15, -0.1) is 0 Å². The summed E-state index contributed by atoms with van der Waals surface area (Å²) in [6, 6.07) is 13.5.